The van der Waals surface area contributed by atoms with Crippen LogP contribution in [0.2, 0.25) is 0 Å². The lowest BCUT2D eigenvalue weighted by Gasteiger charge is -2.10. The van der Waals surface area contributed by atoms with Gasteiger partial charge in [-0.25, -0.2) is 4.98 Å². The van der Waals surface area contributed by atoms with Crippen molar-refractivity contribution in [1.82, 2.24) is 9.97 Å². The summed E-state index contributed by atoms with van der Waals surface area (Å²) in [4.78, 5) is 19.2. The SMILES string of the molecule is CCCCCCCCCCCC(O)c1nc2ccccc2[nH]c1=O. The molecule has 2 aromatic rings. The largest absolute Gasteiger partial charge is 0.387 e. The molecular formula is C20H30N2O2. The highest BCUT2D eigenvalue weighted by Crippen LogP contribution is 2.18. The number of H-pyrrole nitrogens is 1. The lowest BCUT2D eigenvalue weighted by Crippen LogP contribution is -2.18. The number of nitrogens with one attached hydrogen (secondary N) is 1. The van der Waals surface area contributed by atoms with Gasteiger partial charge in [0.25, 0.3) is 5.56 Å². The van der Waals surface area contributed by atoms with Crippen LogP contribution < -0.4 is 5.56 Å². The second-order valence-corrected chi connectivity index (χ2v) is 6.60. The van der Waals surface area contributed by atoms with E-state index in [0.717, 1.165) is 18.4 Å². The lowest BCUT2D eigenvalue weighted by molar-refractivity contribution is 0.157. The molecule has 2 N–H and O–H groups in total. The van der Waals surface area contributed by atoms with Crippen molar-refractivity contribution in [3.63, 3.8) is 0 Å². The first-order valence-electron chi connectivity index (χ1n) is 9.39. The zero-order chi connectivity index (χ0) is 17.2. The van der Waals surface area contributed by atoms with Gasteiger partial charge in [0.2, 0.25) is 0 Å². The second kappa shape index (κ2) is 10.2. The van der Waals surface area contributed by atoms with Crippen LogP contribution >= 0.6 is 0 Å². The van der Waals surface area contributed by atoms with Crippen molar-refractivity contribution in [3.05, 3.63) is 40.3 Å². The first kappa shape index (κ1) is 18.7. The van der Waals surface area contributed by atoms with Gasteiger partial charge in [-0.05, 0) is 18.6 Å². The van der Waals surface area contributed by atoms with Gasteiger partial charge in [0.05, 0.1) is 11.0 Å². The number of hydrogen-bond donors (Lipinski definition) is 2. The molecule has 2 rings (SSSR count). The number of aromatic amines is 1. The Hall–Kier alpha value is -1.68. The van der Waals surface area contributed by atoms with E-state index in [4.69, 9.17) is 0 Å². The number of benzene rings is 1. The molecule has 0 bridgehead atoms. The summed E-state index contributed by atoms with van der Waals surface area (Å²) in [6.07, 6.45) is 11.0. The monoisotopic (exact) mass is 330 g/mol. The molecule has 0 aliphatic carbocycles. The summed E-state index contributed by atoms with van der Waals surface area (Å²) >= 11 is 0. The Kier molecular flexibility index (Phi) is 7.96. The fraction of sp³-hybridized carbons (Fsp3) is 0.600. The standard InChI is InChI=1S/C20H30N2O2/c1-2-3-4-5-6-7-8-9-10-15-18(23)19-20(24)22-17-14-12-11-13-16(17)21-19/h11-14,18,23H,2-10,15H2,1H3,(H,22,24). The minimum absolute atomic E-state index is 0.244. The smallest absolute Gasteiger partial charge is 0.272 e. The van der Waals surface area contributed by atoms with E-state index in [1.165, 1.54) is 44.9 Å². The van der Waals surface area contributed by atoms with Crippen molar-refractivity contribution >= 4 is 11.0 Å². The summed E-state index contributed by atoms with van der Waals surface area (Å²) in [5.41, 5.74) is 1.39. The predicted molar refractivity (Wildman–Crippen MR) is 99.2 cm³/mol. The molecule has 4 nitrogen and oxygen atoms in total. The molecule has 0 amide bonds. The molecule has 0 aliphatic heterocycles. The van der Waals surface area contributed by atoms with Gasteiger partial charge in [-0.15, -0.1) is 0 Å². The quantitative estimate of drug-likeness (QED) is 0.577. The molecule has 1 heterocycles. The lowest BCUT2D eigenvalue weighted by atomic mass is 10.0. The molecule has 132 valence electrons. The fourth-order valence-electron chi connectivity index (χ4n) is 3.05. The maximum atomic E-state index is 12.1. The molecule has 4 heteroatoms. The Balaban J connectivity index is 1.72. The van der Waals surface area contributed by atoms with E-state index in [0.29, 0.717) is 11.9 Å². The molecular weight excluding hydrogens is 300 g/mol. The summed E-state index contributed by atoms with van der Waals surface area (Å²) < 4.78 is 0. The number of nitrogens with zero attached hydrogens (tertiary/aromatic N) is 1. The van der Waals surface area contributed by atoms with E-state index in [2.05, 4.69) is 16.9 Å². The maximum absolute atomic E-state index is 12.1. The van der Waals surface area contributed by atoms with Gasteiger partial charge < -0.3 is 10.1 Å². The maximum Gasteiger partial charge on any atom is 0.272 e. The Morgan fingerprint density at radius 2 is 1.62 bits per heavy atom. The minimum atomic E-state index is -0.775. The van der Waals surface area contributed by atoms with Crippen molar-refractivity contribution in [2.45, 2.75) is 77.2 Å². The Morgan fingerprint density at radius 1 is 1.00 bits per heavy atom. The summed E-state index contributed by atoms with van der Waals surface area (Å²) in [6.45, 7) is 2.24. The molecule has 1 aromatic carbocycles. The number of aliphatic hydroxyl groups excluding tert-OH is 1. The zero-order valence-corrected chi connectivity index (χ0v) is 14.8. The number of para-hydroxylation sites is 2. The van der Waals surface area contributed by atoms with E-state index in [-0.39, 0.29) is 11.3 Å². The third-order valence-electron chi connectivity index (χ3n) is 4.52. The molecule has 0 saturated heterocycles. The molecule has 0 radical (unpaired) electrons. The van der Waals surface area contributed by atoms with Crippen LogP contribution in [0.25, 0.3) is 11.0 Å². The summed E-state index contributed by atoms with van der Waals surface area (Å²) in [7, 11) is 0. The van der Waals surface area contributed by atoms with E-state index in [1.807, 2.05) is 24.3 Å². The highest BCUT2D eigenvalue weighted by Gasteiger charge is 2.14. The van der Waals surface area contributed by atoms with Gasteiger partial charge in [-0.2, -0.15) is 0 Å². The molecule has 0 aliphatic rings. The fourth-order valence-corrected chi connectivity index (χ4v) is 3.05. The van der Waals surface area contributed by atoms with Crippen molar-refractivity contribution in [2.75, 3.05) is 0 Å². The third-order valence-corrected chi connectivity index (χ3v) is 4.52. The number of fused-ring (bicyclic) bond motifs is 1. The topological polar surface area (TPSA) is 66.0 Å². The normalized spacial score (nSPS) is 12.6. The summed E-state index contributed by atoms with van der Waals surface area (Å²) in [6, 6.07) is 7.41. The van der Waals surface area contributed by atoms with Crippen LogP contribution in [0.4, 0.5) is 0 Å². The van der Waals surface area contributed by atoms with Gasteiger partial charge in [0, 0.05) is 0 Å². The number of unbranched alkanes of at least 4 members (excludes halogenated alkanes) is 8. The Morgan fingerprint density at radius 3 is 2.33 bits per heavy atom. The van der Waals surface area contributed by atoms with Crippen LogP contribution in [0.5, 0.6) is 0 Å². The van der Waals surface area contributed by atoms with Crippen LogP contribution in [-0.4, -0.2) is 15.1 Å². The highest BCUT2D eigenvalue weighted by atomic mass is 16.3. The zero-order valence-electron chi connectivity index (χ0n) is 14.8. The van der Waals surface area contributed by atoms with E-state index in [1.54, 1.807) is 0 Å². The first-order chi connectivity index (χ1) is 11.7. The van der Waals surface area contributed by atoms with Crippen molar-refractivity contribution in [3.8, 4) is 0 Å². The molecule has 0 fully saturated rings. The number of aliphatic hydroxyl groups is 1. The third kappa shape index (κ3) is 5.75. The van der Waals surface area contributed by atoms with E-state index < -0.39 is 6.10 Å². The predicted octanol–water partition coefficient (Wildman–Crippen LogP) is 4.88. The molecule has 1 unspecified atom stereocenters. The van der Waals surface area contributed by atoms with Crippen molar-refractivity contribution in [2.24, 2.45) is 0 Å². The summed E-state index contributed by atoms with van der Waals surface area (Å²) in [5.74, 6) is 0. The average molecular weight is 330 g/mol. The van der Waals surface area contributed by atoms with Crippen molar-refractivity contribution < 1.29 is 5.11 Å². The van der Waals surface area contributed by atoms with E-state index in [9.17, 15) is 9.90 Å². The molecule has 24 heavy (non-hydrogen) atoms. The number of hydrogen-bond acceptors (Lipinski definition) is 3. The van der Waals surface area contributed by atoms with Crippen molar-refractivity contribution in [1.29, 1.82) is 0 Å². The van der Waals surface area contributed by atoms with Crippen LogP contribution in [-0.2, 0) is 0 Å². The molecule has 0 saturated carbocycles. The first-order valence-corrected chi connectivity index (χ1v) is 9.39. The number of rotatable bonds is 11. The molecule has 1 aromatic heterocycles. The van der Waals surface area contributed by atoms with Gasteiger partial charge in [0.15, 0.2) is 0 Å². The molecule has 0 spiro atoms. The molecule has 1 atom stereocenters. The summed E-state index contributed by atoms with van der Waals surface area (Å²) in [5, 5.41) is 10.3. The van der Waals surface area contributed by atoms with Gasteiger partial charge >= 0.3 is 0 Å². The number of aromatic nitrogens is 2. The van der Waals surface area contributed by atoms with E-state index >= 15 is 0 Å². The minimum Gasteiger partial charge on any atom is -0.387 e. The average Bonchev–Trinajstić information content (AvgIpc) is 2.59. The highest BCUT2D eigenvalue weighted by molar-refractivity contribution is 5.73. The van der Waals surface area contributed by atoms with Gasteiger partial charge in [-0.3, -0.25) is 4.79 Å². The Labute approximate surface area is 144 Å². The Bertz CT molecular complexity index is 666. The van der Waals surface area contributed by atoms with Gasteiger partial charge in [0.1, 0.15) is 11.8 Å². The van der Waals surface area contributed by atoms with Crippen LogP contribution in [0.15, 0.2) is 29.1 Å². The second-order valence-electron chi connectivity index (χ2n) is 6.60. The van der Waals surface area contributed by atoms with Crippen LogP contribution in [0, 0.1) is 0 Å². The van der Waals surface area contributed by atoms with Gasteiger partial charge in [-0.1, -0.05) is 76.8 Å². The van der Waals surface area contributed by atoms with Crippen LogP contribution in [0.1, 0.15) is 82.9 Å². The van der Waals surface area contributed by atoms with Crippen LogP contribution in [0.3, 0.4) is 0 Å².